The van der Waals surface area contributed by atoms with Gasteiger partial charge in [0, 0.05) is 18.3 Å². The third kappa shape index (κ3) is 4.77. The highest BCUT2D eigenvalue weighted by atomic mass is 19.4. The lowest BCUT2D eigenvalue weighted by atomic mass is 10.1. The summed E-state index contributed by atoms with van der Waals surface area (Å²) in [5.74, 6) is -2.43. The standard InChI is InChI=1S/C13H10F3N3O4/c1-2-23-12(20)8(6-17)7-18-11-4-3-9(19(21)22)5-10(11)13(14,15)16/h3-5,7-8H,2H2,1H3. The van der Waals surface area contributed by atoms with Gasteiger partial charge in [0.1, 0.15) is 0 Å². The van der Waals surface area contributed by atoms with E-state index in [9.17, 15) is 28.1 Å². The highest BCUT2D eigenvalue weighted by Crippen LogP contribution is 2.38. The molecule has 0 amide bonds. The molecule has 0 aliphatic carbocycles. The molecule has 1 rings (SSSR count). The van der Waals surface area contributed by atoms with E-state index in [1.54, 1.807) is 0 Å². The normalized spacial score (nSPS) is 12.7. The van der Waals surface area contributed by atoms with E-state index in [0.717, 1.165) is 12.1 Å². The Bertz CT molecular complexity index is 680. The number of nitro groups is 1. The van der Waals surface area contributed by atoms with Gasteiger partial charge < -0.3 is 4.74 Å². The van der Waals surface area contributed by atoms with Crippen LogP contribution in [0.15, 0.2) is 23.2 Å². The number of esters is 1. The van der Waals surface area contributed by atoms with Crippen LogP contribution < -0.4 is 0 Å². The van der Waals surface area contributed by atoms with Crippen LogP contribution in [-0.2, 0) is 15.7 Å². The van der Waals surface area contributed by atoms with Gasteiger partial charge in [0.2, 0.25) is 0 Å². The zero-order valence-corrected chi connectivity index (χ0v) is 11.7. The van der Waals surface area contributed by atoms with E-state index in [0.29, 0.717) is 12.3 Å². The Kier molecular flexibility index (Phi) is 5.78. The minimum Gasteiger partial charge on any atom is -0.465 e. The Hall–Kier alpha value is -2.96. The summed E-state index contributed by atoms with van der Waals surface area (Å²) in [5, 5.41) is 19.4. The molecule has 0 heterocycles. The fourth-order valence-corrected chi connectivity index (χ4v) is 1.51. The van der Waals surface area contributed by atoms with Crippen molar-refractivity contribution in [1.82, 2.24) is 0 Å². The van der Waals surface area contributed by atoms with Crippen molar-refractivity contribution in [2.45, 2.75) is 13.1 Å². The summed E-state index contributed by atoms with van der Waals surface area (Å²) >= 11 is 0. The molecule has 1 atom stereocenters. The summed E-state index contributed by atoms with van der Waals surface area (Å²) in [4.78, 5) is 24.4. The number of nitriles is 1. The van der Waals surface area contributed by atoms with E-state index in [4.69, 9.17) is 5.26 Å². The van der Waals surface area contributed by atoms with Gasteiger partial charge in [-0.3, -0.25) is 19.9 Å². The molecule has 0 bridgehead atoms. The van der Waals surface area contributed by atoms with Crippen LogP contribution in [0.2, 0.25) is 0 Å². The van der Waals surface area contributed by atoms with Gasteiger partial charge in [0.25, 0.3) is 5.69 Å². The summed E-state index contributed by atoms with van der Waals surface area (Å²) in [6.45, 7) is 1.50. The Morgan fingerprint density at radius 3 is 2.70 bits per heavy atom. The van der Waals surface area contributed by atoms with Crippen LogP contribution in [-0.4, -0.2) is 23.7 Å². The second kappa shape index (κ2) is 7.35. The topological polar surface area (TPSA) is 106 Å². The van der Waals surface area contributed by atoms with Crippen LogP contribution in [0.1, 0.15) is 12.5 Å². The summed E-state index contributed by atoms with van der Waals surface area (Å²) in [5.41, 5.74) is -2.74. The van der Waals surface area contributed by atoms with Crippen LogP contribution in [0.5, 0.6) is 0 Å². The first-order valence-electron chi connectivity index (χ1n) is 6.16. The highest BCUT2D eigenvalue weighted by Gasteiger charge is 2.35. The number of benzene rings is 1. The van der Waals surface area contributed by atoms with Gasteiger partial charge in [-0.15, -0.1) is 0 Å². The molecule has 23 heavy (non-hydrogen) atoms. The predicted molar refractivity (Wildman–Crippen MR) is 72.0 cm³/mol. The minimum absolute atomic E-state index is 0.00378. The van der Waals surface area contributed by atoms with Crippen molar-refractivity contribution < 1.29 is 27.6 Å². The molecule has 0 aromatic heterocycles. The maximum atomic E-state index is 12.9. The Balaban J connectivity index is 3.22. The number of carbonyl (C=O) groups is 1. The summed E-state index contributed by atoms with van der Waals surface area (Å²) in [6.07, 6.45) is -4.18. The van der Waals surface area contributed by atoms with Crippen LogP contribution >= 0.6 is 0 Å². The number of nitro benzene ring substituents is 1. The van der Waals surface area contributed by atoms with Crippen LogP contribution in [0.3, 0.4) is 0 Å². The zero-order chi connectivity index (χ0) is 17.6. The molecular formula is C13H10F3N3O4. The van der Waals surface area contributed by atoms with Gasteiger partial charge in [-0.05, 0) is 13.0 Å². The molecule has 0 spiro atoms. The van der Waals surface area contributed by atoms with Crippen LogP contribution in [0, 0.1) is 27.4 Å². The maximum Gasteiger partial charge on any atom is 0.418 e. The van der Waals surface area contributed by atoms with Crippen molar-refractivity contribution in [3.63, 3.8) is 0 Å². The molecule has 0 aliphatic rings. The molecule has 0 aliphatic heterocycles. The average molecular weight is 329 g/mol. The molecule has 0 saturated carbocycles. The first kappa shape index (κ1) is 18.1. The van der Waals surface area contributed by atoms with Crippen molar-refractivity contribution in [1.29, 1.82) is 5.26 Å². The first-order valence-corrected chi connectivity index (χ1v) is 6.16. The Morgan fingerprint density at radius 1 is 1.57 bits per heavy atom. The van der Waals surface area contributed by atoms with Gasteiger partial charge in [-0.25, -0.2) is 0 Å². The summed E-state index contributed by atoms with van der Waals surface area (Å²) in [6, 6.07) is 3.49. The van der Waals surface area contributed by atoms with E-state index in [2.05, 4.69) is 9.73 Å². The van der Waals surface area contributed by atoms with Crippen molar-refractivity contribution in [2.75, 3.05) is 6.61 Å². The Labute approximate surface area is 128 Å². The summed E-state index contributed by atoms with van der Waals surface area (Å²) in [7, 11) is 0. The van der Waals surface area contributed by atoms with E-state index in [1.165, 1.54) is 13.0 Å². The number of carbonyl (C=O) groups excluding carboxylic acids is 1. The van der Waals surface area contributed by atoms with Crippen molar-refractivity contribution in [2.24, 2.45) is 10.9 Å². The quantitative estimate of drug-likeness (QED) is 0.357. The van der Waals surface area contributed by atoms with Gasteiger partial charge >= 0.3 is 12.1 Å². The lowest BCUT2D eigenvalue weighted by Crippen LogP contribution is -2.17. The molecule has 7 nitrogen and oxygen atoms in total. The van der Waals surface area contributed by atoms with Gasteiger partial charge in [-0.2, -0.15) is 18.4 Å². The van der Waals surface area contributed by atoms with Crippen LogP contribution in [0.25, 0.3) is 0 Å². The number of halogens is 3. The number of aliphatic imine (C=N–C) groups is 1. The lowest BCUT2D eigenvalue weighted by molar-refractivity contribution is -0.385. The number of alkyl halides is 3. The number of nitrogens with zero attached hydrogens (tertiary/aromatic N) is 3. The van der Waals surface area contributed by atoms with E-state index in [-0.39, 0.29) is 6.61 Å². The molecule has 0 N–H and O–H groups in total. The monoisotopic (exact) mass is 329 g/mol. The van der Waals surface area contributed by atoms with Gasteiger partial charge in [-0.1, -0.05) is 0 Å². The number of hydrogen-bond donors (Lipinski definition) is 0. The third-order valence-corrected chi connectivity index (χ3v) is 2.54. The number of rotatable bonds is 5. The number of ether oxygens (including phenoxy) is 1. The minimum atomic E-state index is -4.88. The SMILES string of the molecule is CCOC(=O)C(C#N)C=Nc1ccc([N+](=O)[O-])cc1C(F)(F)F. The van der Waals surface area contributed by atoms with Crippen LogP contribution in [0.4, 0.5) is 24.5 Å². The number of hydrogen-bond acceptors (Lipinski definition) is 6. The highest BCUT2D eigenvalue weighted by molar-refractivity contribution is 5.93. The second-order valence-corrected chi connectivity index (χ2v) is 4.09. The van der Waals surface area contributed by atoms with E-state index in [1.807, 2.05) is 0 Å². The lowest BCUT2D eigenvalue weighted by Gasteiger charge is -2.09. The molecule has 1 unspecified atom stereocenters. The largest absolute Gasteiger partial charge is 0.465 e. The van der Waals surface area contributed by atoms with Crippen molar-refractivity contribution in [3.05, 3.63) is 33.9 Å². The second-order valence-electron chi connectivity index (χ2n) is 4.09. The number of non-ortho nitro benzene ring substituents is 1. The average Bonchev–Trinajstić information content (AvgIpc) is 2.47. The molecule has 10 heteroatoms. The molecular weight excluding hydrogens is 319 g/mol. The third-order valence-electron chi connectivity index (χ3n) is 2.54. The van der Waals surface area contributed by atoms with E-state index >= 15 is 0 Å². The van der Waals surface area contributed by atoms with Crippen molar-refractivity contribution >= 4 is 23.6 Å². The molecule has 0 saturated heterocycles. The molecule has 0 fully saturated rings. The summed E-state index contributed by atoms with van der Waals surface area (Å²) < 4.78 is 43.3. The Morgan fingerprint density at radius 2 is 2.22 bits per heavy atom. The van der Waals surface area contributed by atoms with Crippen molar-refractivity contribution in [3.8, 4) is 6.07 Å². The molecule has 122 valence electrons. The fraction of sp³-hybridized carbons (Fsp3) is 0.308. The first-order chi connectivity index (χ1) is 10.7. The van der Waals surface area contributed by atoms with E-state index < -0.39 is 39.9 Å². The molecule has 1 aromatic carbocycles. The maximum absolute atomic E-state index is 12.9. The molecule has 1 aromatic rings. The fourth-order valence-electron chi connectivity index (χ4n) is 1.51. The molecule has 0 radical (unpaired) electrons. The zero-order valence-electron chi connectivity index (χ0n) is 11.7. The van der Waals surface area contributed by atoms with Gasteiger partial charge in [0.05, 0.1) is 28.9 Å². The van der Waals surface area contributed by atoms with Gasteiger partial charge in [0.15, 0.2) is 5.92 Å². The smallest absolute Gasteiger partial charge is 0.418 e. The predicted octanol–water partition coefficient (Wildman–Crippen LogP) is 3.02.